The summed E-state index contributed by atoms with van der Waals surface area (Å²) in [6, 6.07) is 19.4. The molecule has 0 aromatic heterocycles. The van der Waals surface area contributed by atoms with Crippen molar-refractivity contribution < 1.29 is 4.89 Å². The molecule has 0 saturated heterocycles. The third-order valence-electron chi connectivity index (χ3n) is 2.56. The first-order valence-electron chi connectivity index (χ1n) is 5.14. The van der Waals surface area contributed by atoms with Gasteiger partial charge in [0.2, 0.25) is 7.49 Å². The van der Waals surface area contributed by atoms with Crippen LogP contribution in [0.2, 0.25) is 0 Å². The van der Waals surface area contributed by atoms with Crippen LogP contribution in [0.4, 0.5) is 0 Å². The van der Waals surface area contributed by atoms with Gasteiger partial charge in [-0.1, -0.05) is 43.0 Å². The summed E-state index contributed by atoms with van der Waals surface area (Å²) in [6.07, 6.45) is 0. The van der Waals surface area contributed by atoms with Gasteiger partial charge in [-0.25, -0.2) is 4.89 Å². The summed E-state index contributed by atoms with van der Waals surface area (Å²) in [5.74, 6) is 1.68. The van der Waals surface area contributed by atoms with Gasteiger partial charge in [0.15, 0.2) is 0 Å². The summed E-state index contributed by atoms with van der Waals surface area (Å²) in [6.45, 7) is 3.78. The van der Waals surface area contributed by atoms with Crippen LogP contribution in [0, 0.1) is 0 Å². The molecule has 0 aliphatic rings. The van der Waals surface area contributed by atoms with Crippen LogP contribution < -0.4 is 10.6 Å². The highest BCUT2D eigenvalue weighted by Gasteiger charge is 2.37. The molecule has 0 atom stereocenters. The van der Waals surface area contributed by atoms with Gasteiger partial charge in [0.25, 0.3) is 0 Å². The van der Waals surface area contributed by atoms with E-state index in [1.807, 2.05) is 60.7 Å². The SMILES string of the molecule is C=C[P+](O)(c1ccccc1)c1ccccc1. The van der Waals surface area contributed by atoms with Gasteiger partial charge in [0, 0.05) is 0 Å². The Bertz CT molecular complexity index is 425. The van der Waals surface area contributed by atoms with Crippen LogP contribution in [0.3, 0.4) is 0 Å². The number of benzene rings is 2. The fraction of sp³-hybridized carbons (Fsp3) is 0. The lowest BCUT2D eigenvalue weighted by atomic mass is 10.4. The zero-order chi connectivity index (χ0) is 11.4. The largest absolute Gasteiger partial charge is 0.236 e. The maximum atomic E-state index is 10.8. The molecule has 0 spiro atoms. The van der Waals surface area contributed by atoms with Gasteiger partial charge < -0.3 is 0 Å². The van der Waals surface area contributed by atoms with Crippen LogP contribution in [0.25, 0.3) is 0 Å². The predicted molar refractivity (Wildman–Crippen MR) is 71.5 cm³/mol. The fourth-order valence-corrected chi connectivity index (χ4v) is 3.64. The van der Waals surface area contributed by atoms with E-state index in [1.54, 1.807) is 5.82 Å². The Hall–Kier alpha value is -1.43. The molecule has 2 heteroatoms. The topological polar surface area (TPSA) is 20.2 Å². The first-order valence-corrected chi connectivity index (χ1v) is 6.95. The summed E-state index contributed by atoms with van der Waals surface area (Å²) >= 11 is 0. The molecule has 0 fully saturated rings. The summed E-state index contributed by atoms with van der Waals surface area (Å²) in [5, 5.41) is 1.88. The molecule has 0 bridgehead atoms. The predicted octanol–water partition coefficient (Wildman–Crippen LogP) is 2.71. The van der Waals surface area contributed by atoms with Gasteiger partial charge >= 0.3 is 0 Å². The number of hydrogen-bond acceptors (Lipinski definition) is 1. The Morgan fingerprint density at radius 3 is 1.50 bits per heavy atom. The Morgan fingerprint density at radius 1 is 0.812 bits per heavy atom. The highest BCUT2D eigenvalue weighted by molar-refractivity contribution is 7.87. The van der Waals surface area contributed by atoms with Crippen molar-refractivity contribution >= 4 is 18.1 Å². The molecule has 2 aromatic rings. The first kappa shape index (κ1) is 11.1. The molecule has 16 heavy (non-hydrogen) atoms. The van der Waals surface area contributed by atoms with Crippen molar-refractivity contribution in [2.75, 3.05) is 0 Å². The van der Waals surface area contributed by atoms with Crippen molar-refractivity contribution in [1.82, 2.24) is 0 Å². The zero-order valence-electron chi connectivity index (χ0n) is 8.95. The van der Waals surface area contributed by atoms with E-state index in [-0.39, 0.29) is 0 Å². The van der Waals surface area contributed by atoms with Crippen LogP contribution in [0.15, 0.2) is 73.1 Å². The molecule has 80 valence electrons. The fourth-order valence-electron chi connectivity index (χ4n) is 1.67. The normalized spacial score (nSPS) is 11.1. The van der Waals surface area contributed by atoms with E-state index >= 15 is 0 Å². The standard InChI is InChI=1S/C14H14OP/c1-2-16(15,13-9-5-3-6-10-13)14-11-7-4-8-12-14/h2-12,15H,1H2/q+1. The Balaban J connectivity index is 2.53. The van der Waals surface area contributed by atoms with E-state index < -0.39 is 7.49 Å². The minimum Gasteiger partial charge on any atom is -0.236 e. The lowest BCUT2D eigenvalue weighted by Crippen LogP contribution is -2.19. The van der Waals surface area contributed by atoms with Crippen molar-refractivity contribution in [3.05, 3.63) is 73.1 Å². The maximum absolute atomic E-state index is 10.8. The van der Waals surface area contributed by atoms with Crippen LogP contribution >= 0.6 is 7.49 Å². The van der Waals surface area contributed by atoms with Crippen molar-refractivity contribution in [2.45, 2.75) is 0 Å². The maximum Gasteiger partial charge on any atom is 0.230 e. The highest BCUT2D eigenvalue weighted by Crippen LogP contribution is 2.52. The minimum atomic E-state index is -2.39. The quantitative estimate of drug-likeness (QED) is 0.802. The molecule has 0 aliphatic carbocycles. The molecular formula is C14H14OP+. The zero-order valence-corrected chi connectivity index (χ0v) is 9.85. The summed E-state index contributed by atoms with van der Waals surface area (Å²) < 4.78 is 0. The molecule has 0 aliphatic heterocycles. The number of rotatable bonds is 3. The summed E-state index contributed by atoms with van der Waals surface area (Å²) in [5.41, 5.74) is 0. The third-order valence-corrected chi connectivity index (χ3v) is 5.26. The van der Waals surface area contributed by atoms with Crippen molar-refractivity contribution in [3.63, 3.8) is 0 Å². The van der Waals surface area contributed by atoms with Crippen LogP contribution in [-0.2, 0) is 0 Å². The second kappa shape index (κ2) is 4.61. The summed E-state index contributed by atoms with van der Waals surface area (Å²) in [4.78, 5) is 10.8. The monoisotopic (exact) mass is 229 g/mol. The molecule has 0 unspecified atom stereocenters. The van der Waals surface area contributed by atoms with Gasteiger partial charge in [-0.05, 0) is 24.3 Å². The lowest BCUT2D eigenvalue weighted by molar-refractivity contribution is 0.632. The van der Waals surface area contributed by atoms with Crippen LogP contribution in [0.5, 0.6) is 0 Å². The van der Waals surface area contributed by atoms with E-state index in [0.29, 0.717) is 0 Å². The lowest BCUT2D eigenvalue weighted by Gasteiger charge is -2.14. The Morgan fingerprint density at radius 2 is 1.19 bits per heavy atom. The average molecular weight is 229 g/mol. The molecular weight excluding hydrogens is 215 g/mol. The molecule has 0 amide bonds. The van der Waals surface area contributed by atoms with Crippen LogP contribution in [-0.4, -0.2) is 4.89 Å². The van der Waals surface area contributed by atoms with Crippen LogP contribution in [0.1, 0.15) is 0 Å². The molecule has 2 rings (SSSR count). The highest BCUT2D eigenvalue weighted by atomic mass is 31.2. The van der Waals surface area contributed by atoms with Crippen molar-refractivity contribution in [2.24, 2.45) is 0 Å². The second-order valence-corrected chi connectivity index (χ2v) is 6.31. The number of hydrogen-bond donors (Lipinski definition) is 1. The molecule has 0 saturated carbocycles. The van der Waals surface area contributed by atoms with Gasteiger partial charge in [-0.2, -0.15) is 0 Å². The Kier molecular flexibility index (Phi) is 3.19. The van der Waals surface area contributed by atoms with Gasteiger partial charge in [-0.3, -0.25) is 0 Å². The molecule has 0 heterocycles. The van der Waals surface area contributed by atoms with E-state index in [4.69, 9.17) is 0 Å². The molecule has 2 aromatic carbocycles. The third kappa shape index (κ3) is 1.92. The van der Waals surface area contributed by atoms with Gasteiger partial charge in [-0.15, -0.1) is 0 Å². The second-order valence-electron chi connectivity index (χ2n) is 3.54. The van der Waals surface area contributed by atoms with Crippen molar-refractivity contribution in [1.29, 1.82) is 0 Å². The van der Waals surface area contributed by atoms with Gasteiger partial charge in [0.05, 0.1) is 5.82 Å². The van der Waals surface area contributed by atoms with E-state index in [0.717, 1.165) is 10.6 Å². The van der Waals surface area contributed by atoms with E-state index in [2.05, 4.69) is 6.58 Å². The van der Waals surface area contributed by atoms with Crippen molar-refractivity contribution in [3.8, 4) is 0 Å². The average Bonchev–Trinajstić information content (AvgIpc) is 2.40. The molecule has 0 radical (unpaired) electrons. The molecule has 1 nitrogen and oxygen atoms in total. The molecule has 1 N–H and O–H groups in total. The van der Waals surface area contributed by atoms with E-state index in [1.165, 1.54) is 0 Å². The van der Waals surface area contributed by atoms with Gasteiger partial charge in [0.1, 0.15) is 10.6 Å². The summed E-state index contributed by atoms with van der Waals surface area (Å²) in [7, 11) is -2.39. The smallest absolute Gasteiger partial charge is 0.230 e. The minimum absolute atomic E-state index is 0.941. The Labute approximate surface area is 96.5 Å². The first-order chi connectivity index (χ1) is 7.77. The van der Waals surface area contributed by atoms with E-state index in [9.17, 15) is 4.89 Å².